The van der Waals surface area contributed by atoms with E-state index in [1.165, 1.54) is 24.0 Å². The summed E-state index contributed by atoms with van der Waals surface area (Å²) in [7, 11) is 1.83. The van der Waals surface area contributed by atoms with Crippen LogP contribution >= 0.6 is 0 Å². The fourth-order valence-electron chi connectivity index (χ4n) is 3.94. The molecule has 3 nitrogen and oxygen atoms in total. The van der Waals surface area contributed by atoms with Gasteiger partial charge in [-0.2, -0.15) is 0 Å². The normalized spacial score (nSPS) is 34.8. The number of nitrogens with two attached hydrogens (primary N) is 1. The van der Waals surface area contributed by atoms with Gasteiger partial charge in [-0.15, -0.1) is 0 Å². The van der Waals surface area contributed by atoms with Crippen molar-refractivity contribution in [3.05, 3.63) is 35.4 Å². The molecule has 0 aromatic heterocycles. The van der Waals surface area contributed by atoms with Gasteiger partial charge in [0.1, 0.15) is 0 Å². The number of likely N-dealkylation sites (tertiary alicyclic amines) is 1. The standard InChI is InChI=1S/C17H26N2O/c1-12-10-16(19-9-5-6-13(11-19)20-2)17(18)15-8-4-3-7-14(12)15/h3-4,7-8,12-13,16-17H,5-6,9-11,18H2,1-2H3. The van der Waals surface area contributed by atoms with Gasteiger partial charge in [-0.1, -0.05) is 31.2 Å². The molecule has 4 atom stereocenters. The van der Waals surface area contributed by atoms with E-state index in [0.717, 1.165) is 19.5 Å². The van der Waals surface area contributed by atoms with Crippen molar-refractivity contribution >= 4 is 0 Å². The highest BCUT2D eigenvalue weighted by molar-refractivity contribution is 5.36. The van der Waals surface area contributed by atoms with E-state index in [9.17, 15) is 0 Å². The van der Waals surface area contributed by atoms with E-state index in [2.05, 4.69) is 36.1 Å². The zero-order valence-corrected chi connectivity index (χ0v) is 12.6. The van der Waals surface area contributed by atoms with E-state index in [1.807, 2.05) is 7.11 Å². The molecule has 3 rings (SSSR count). The van der Waals surface area contributed by atoms with E-state index in [1.54, 1.807) is 0 Å². The zero-order valence-electron chi connectivity index (χ0n) is 12.6. The molecule has 0 bridgehead atoms. The molecule has 3 heteroatoms. The van der Waals surface area contributed by atoms with Crippen molar-refractivity contribution < 1.29 is 4.74 Å². The van der Waals surface area contributed by atoms with E-state index >= 15 is 0 Å². The number of hydrogen-bond donors (Lipinski definition) is 1. The van der Waals surface area contributed by atoms with Crippen molar-refractivity contribution in [3.63, 3.8) is 0 Å². The van der Waals surface area contributed by atoms with Gasteiger partial charge in [0.05, 0.1) is 6.10 Å². The maximum atomic E-state index is 6.59. The number of piperidine rings is 1. The van der Waals surface area contributed by atoms with Gasteiger partial charge in [-0.25, -0.2) is 0 Å². The third kappa shape index (κ3) is 2.50. The van der Waals surface area contributed by atoms with E-state index in [-0.39, 0.29) is 6.04 Å². The number of ether oxygens (including phenoxy) is 1. The lowest BCUT2D eigenvalue weighted by atomic mass is 9.77. The quantitative estimate of drug-likeness (QED) is 0.901. The van der Waals surface area contributed by atoms with E-state index in [4.69, 9.17) is 10.5 Å². The molecule has 1 fully saturated rings. The second-order valence-corrected chi connectivity index (χ2v) is 6.35. The molecule has 1 aromatic rings. The first-order valence-electron chi connectivity index (χ1n) is 7.82. The number of fused-ring (bicyclic) bond motifs is 1. The van der Waals surface area contributed by atoms with Crippen molar-refractivity contribution in [2.75, 3.05) is 20.2 Å². The van der Waals surface area contributed by atoms with Gasteiger partial charge in [0.25, 0.3) is 0 Å². The molecular weight excluding hydrogens is 248 g/mol. The summed E-state index contributed by atoms with van der Waals surface area (Å²) in [6.45, 7) is 4.52. The molecule has 110 valence electrons. The highest BCUT2D eigenvalue weighted by atomic mass is 16.5. The van der Waals surface area contributed by atoms with E-state index < -0.39 is 0 Å². The van der Waals surface area contributed by atoms with Gasteiger partial charge in [-0.3, -0.25) is 4.90 Å². The molecule has 20 heavy (non-hydrogen) atoms. The van der Waals surface area contributed by atoms with Crippen LogP contribution in [0.15, 0.2) is 24.3 Å². The number of methoxy groups -OCH3 is 1. The van der Waals surface area contributed by atoms with Crippen molar-refractivity contribution in [2.45, 2.75) is 50.3 Å². The average molecular weight is 274 g/mol. The van der Waals surface area contributed by atoms with Crippen molar-refractivity contribution in [1.29, 1.82) is 0 Å². The second kappa shape index (κ2) is 5.84. The van der Waals surface area contributed by atoms with Crippen LogP contribution in [0.4, 0.5) is 0 Å². The maximum absolute atomic E-state index is 6.59. The molecule has 0 radical (unpaired) electrons. The summed E-state index contributed by atoms with van der Waals surface area (Å²) in [4.78, 5) is 2.56. The van der Waals surface area contributed by atoms with Crippen LogP contribution in [0.25, 0.3) is 0 Å². The SMILES string of the molecule is COC1CCCN(C2CC(C)c3ccccc3C2N)C1. The summed E-state index contributed by atoms with van der Waals surface area (Å²) in [6, 6.07) is 9.28. The van der Waals surface area contributed by atoms with Gasteiger partial charge >= 0.3 is 0 Å². The number of rotatable bonds is 2. The Hall–Kier alpha value is -0.900. The lowest BCUT2D eigenvalue weighted by Crippen LogP contribution is -2.51. The largest absolute Gasteiger partial charge is 0.380 e. The Labute approximate surface area is 122 Å². The molecular formula is C17H26N2O. The molecule has 2 aliphatic rings. The second-order valence-electron chi connectivity index (χ2n) is 6.35. The van der Waals surface area contributed by atoms with Gasteiger partial charge in [0.2, 0.25) is 0 Å². The molecule has 1 aliphatic carbocycles. The molecule has 1 heterocycles. The lowest BCUT2D eigenvalue weighted by molar-refractivity contribution is 0.00515. The first-order valence-corrected chi connectivity index (χ1v) is 7.82. The average Bonchev–Trinajstić information content (AvgIpc) is 2.51. The molecule has 0 amide bonds. The van der Waals surface area contributed by atoms with Gasteiger partial charge in [0.15, 0.2) is 0 Å². The Morgan fingerprint density at radius 3 is 2.75 bits per heavy atom. The smallest absolute Gasteiger partial charge is 0.0698 e. The molecule has 0 saturated carbocycles. The Morgan fingerprint density at radius 1 is 1.25 bits per heavy atom. The minimum atomic E-state index is 0.137. The summed E-state index contributed by atoms with van der Waals surface area (Å²) in [5.74, 6) is 0.596. The summed E-state index contributed by atoms with van der Waals surface area (Å²) < 4.78 is 5.56. The van der Waals surface area contributed by atoms with Gasteiger partial charge in [-0.05, 0) is 42.9 Å². The Kier molecular flexibility index (Phi) is 4.11. The minimum absolute atomic E-state index is 0.137. The maximum Gasteiger partial charge on any atom is 0.0698 e. The van der Waals surface area contributed by atoms with Crippen molar-refractivity contribution in [3.8, 4) is 0 Å². The summed E-state index contributed by atoms with van der Waals surface area (Å²) >= 11 is 0. The summed E-state index contributed by atoms with van der Waals surface area (Å²) in [6.07, 6.45) is 3.94. The predicted molar refractivity (Wildman–Crippen MR) is 81.8 cm³/mol. The Morgan fingerprint density at radius 2 is 2.00 bits per heavy atom. The summed E-state index contributed by atoms with van der Waals surface area (Å²) in [5.41, 5.74) is 9.37. The number of hydrogen-bond acceptors (Lipinski definition) is 3. The third-order valence-electron chi connectivity index (χ3n) is 5.11. The lowest BCUT2D eigenvalue weighted by Gasteiger charge is -2.44. The molecule has 1 aromatic carbocycles. The predicted octanol–water partition coefficient (Wildman–Crippen LogP) is 2.67. The number of nitrogens with zero attached hydrogens (tertiary/aromatic N) is 1. The molecule has 1 saturated heterocycles. The molecule has 0 spiro atoms. The van der Waals surface area contributed by atoms with E-state index in [0.29, 0.717) is 18.1 Å². The van der Waals surface area contributed by atoms with Crippen LogP contribution in [-0.4, -0.2) is 37.2 Å². The topological polar surface area (TPSA) is 38.5 Å². The highest BCUT2D eigenvalue weighted by Gasteiger charge is 2.36. The fraction of sp³-hybridized carbons (Fsp3) is 0.647. The van der Waals surface area contributed by atoms with Crippen LogP contribution in [0.2, 0.25) is 0 Å². The van der Waals surface area contributed by atoms with Crippen LogP contribution in [-0.2, 0) is 4.74 Å². The van der Waals surface area contributed by atoms with Gasteiger partial charge in [0, 0.05) is 25.7 Å². The van der Waals surface area contributed by atoms with Crippen LogP contribution in [0, 0.1) is 0 Å². The molecule has 4 unspecified atom stereocenters. The highest BCUT2D eigenvalue weighted by Crippen LogP contribution is 2.39. The first-order chi connectivity index (χ1) is 9.70. The van der Waals surface area contributed by atoms with Crippen molar-refractivity contribution in [2.24, 2.45) is 5.73 Å². The molecule has 2 N–H and O–H groups in total. The Bertz CT molecular complexity index is 462. The monoisotopic (exact) mass is 274 g/mol. The zero-order chi connectivity index (χ0) is 14.1. The first kappa shape index (κ1) is 14.1. The minimum Gasteiger partial charge on any atom is -0.380 e. The van der Waals surface area contributed by atoms with Crippen molar-refractivity contribution in [1.82, 2.24) is 4.90 Å². The fourth-order valence-corrected chi connectivity index (χ4v) is 3.94. The number of benzene rings is 1. The van der Waals surface area contributed by atoms with Crippen LogP contribution in [0.5, 0.6) is 0 Å². The Balaban J connectivity index is 1.82. The van der Waals surface area contributed by atoms with Gasteiger partial charge < -0.3 is 10.5 Å². The van der Waals surface area contributed by atoms with Crippen LogP contribution in [0.1, 0.15) is 49.3 Å². The summed E-state index contributed by atoms with van der Waals surface area (Å²) in [5, 5.41) is 0. The van der Waals surface area contributed by atoms with Crippen LogP contribution in [0.3, 0.4) is 0 Å². The van der Waals surface area contributed by atoms with Crippen LogP contribution < -0.4 is 5.73 Å². The molecule has 1 aliphatic heterocycles. The third-order valence-corrected chi connectivity index (χ3v) is 5.11.